The lowest BCUT2D eigenvalue weighted by molar-refractivity contribution is 0.155. The van der Waals surface area contributed by atoms with Gasteiger partial charge >= 0.3 is 0 Å². The minimum Gasteiger partial charge on any atom is -0.366 e. The van der Waals surface area contributed by atoms with Crippen molar-refractivity contribution in [1.29, 1.82) is 0 Å². The van der Waals surface area contributed by atoms with Crippen LogP contribution in [0.15, 0.2) is 6.33 Å². The van der Waals surface area contributed by atoms with Crippen molar-refractivity contribution in [2.75, 3.05) is 5.32 Å². The number of nitrogens with zero attached hydrogens (tertiary/aromatic N) is 2. The summed E-state index contributed by atoms with van der Waals surface area (Å²) in [4.78, 5) is 8.55. The van der Waals surface area contributed by atoms with Crippen molar-refractivity contribution in [1.82, 2.24) is 9.97 Å². The molecule has 3 nitrogen and oxygen atoms in total. The molecule has 0 aromatic carbocycles. The summed E-state index contributed by atoms with van der Waals surface area (Å²) in [5.41, 5.74) is 1.74. The summed E-state index contributed by atoms with van der Waals surface area (Å²) in [6, 6.07) is 0.463. The van der Waals surface area contributed by atoms with Gasteiger partial charge in [0.25, 0.3) is 0 Å². The lowest BCUT2D eigenvalue weighted by Gasteiger charge is -2.43. The Balaban J connectivity index is 1.94. The Bertz CT molecular complexity index is 524. The highest BCUT2D eigenvalue weighted by molar-refractivity contribution is 6.30. The van der Waals surface area contributed by atoms with Crippen LogP contribution in [-0.2, 0) is 6.42 Å². The molecule has 0 spiro atoms. The fraction of sp³-hybridized carbons (Fsp3) is 0.750. The van der Waals surface area contributed by atoms with Gasteiger partial charge in [0.2, 0.25) is 0 Å². The molecule has 1 aromatic rings. The van der Waals surface area contributed by atoms with E-state index in [0.717, 1.165) is 23.7 Å². The van der Waals surface area contributed by atoms with Gasteiger partial charge in [-0.2, -0.15) is 0 Å². The molecule has 0 amide bonds. The lowest BCUT2D eigenvalue weighted by Crippen LogP contribution is -2.46. The Labute approximate surface area is 126 Å². The van der Waals surface area contributed by atoms with Crippen LogP contribution in [0.4, 0.5) is 5.82 Å². The number of anilines is 1. The third-order valence-corrected chi connectivity index (χ3v) is 6.12. The van der Waals surface area contributed by atoms with Crippen molar-refractivity contribution in [3.05, 3.63) is 17.0 Å². The molecule has 0 aliphatic heterocycles. The predicted octanol–water partition coefficient (Wildman–Crippen LogP) is 4.32. The highest BCUT2D eigenvalue weighted by atomic mass is 35.5. The molecule has 2 fully saturated rings. The minimum atomic E-state index is 0.315. The highest BCUT2D eigenvalue weighted by Gasteiger charge is 2.59. The number of aromatic nitrogens is 2. The molecule has 1 N–H and O–H groups in total. The van der Waals surface area contributed by atoms with Crippen LogP contribution in [-0.4, -0.2) is 16.0 Å². The highest BCUT2D eigenvalue weighted by Crippen LogP contribution is 2.63. The number of halogens is 1. The Morgan fingerprint density at radius 3 is 2.70 bits per heavy atom. The van der Waals surface area contributed by atoms with E-state index in [9.17, 15) is 0 Å². The van der Waals surface area contributed by atoms with E-state index in [1.54, 1.807) is 6.33 Å². The minimum absolute atomic E-state index is 0.315. The maximum atomic E-state index is 6.21. The van der Waals surface area contributed by atoms with Gasteiger partial charge in [-0.05, 0) is 42.4 Å². The van der Waals surface area contributed by atoms with Gasteiger partial charge in [-0.1, -0.05) is 39.3 Å². The van der Waals surface area contributed by atoms with Crippen molar-refractivity contribution < 1.29 is 0 Å². The van der Waals surface area contributed by atoms with E-state index in [2.05, 4.69) is 43.0 Å². The largest absolute Gasteiger partial charge is 0.366 e. The fourth-order valence-corrected chi connectivity index (χ4v) is 4.89. The van der Waals surface area contributed by atoms with E-state index < -0.39 is 0 Å². The number of hydrogen-bond acceptors (Lipinski definition) is 3. The Morgan fingerprint density at radius 2 is 2.10 bits per heavy atom. The van der Waals surface area contributed by atoms with E-state index >= 15 is 0 Å². The molecule has 2 bridgehead atoms. The standard InChI is InChI=1S/C16H24ClN3/c1-5-11-12(17)18-9-19-13(11)20-14-15(2,3)10-6-7-16(14,4)8-10/h9-10,14H,5-8H2,1-4H3,(H,18,19,20). The number of rotatable bonds is 3. The van der Waals surface area contributed by atoms with E-state index in [1.807, 2.05) is 0 Å². The van der Waals surface area contributed by atoms with Gasteiger partial charge in [0, 0.05) is 11.6 Å². The van der Waals surface area contributed by atoms with Crippen LogP contribution in [0.25, 0.3) is 0 Å². The number of hydrogen-bond donors (Lipinski definition) is 1. The zero-order chi connectivity index (χ0) is 14.5. The number of nitrogens with one attached hydrogen (secondary N) is 1. The monoisotopic (exact) mass is 293 g/mol. The molecular formula is C16H24ClN3. The molecule has 0 radical (unpaired) electrons. The summed E-state index contributed by atoms with van der Waals surface area (Å²) < 4.78 is 0. The van der Waals surface area contributed by atoms with Gasteiger partial charge in [0.05, 0.1) is 0 Å². The summed E-state index contributed by atoms with van der Waals surface area (Å²) in [5.74, 6) is 1.76. The Hall–Kier alpha value is -0.830. The molecule has 110 valence electrons. The molecule has 20 heavy (non-hydrogen) atoms. The first-order chi connectivity index (χ1) is 9.38. The maximum Gasteiger partial charge on any atom is 0.137 e. The van der Waals surface area contributed by atoms with Crippen molar-refractivity contribution in [3.8, 4) is 0 Å². The number of fused-ring (bicyclic) bond motifs is 2. The van der Waals surface area contributed by atoms with Crippen LogP contribution >= 0.6 is 11.6 Å². The van der Waals surface area contributed by atoms with Gasteiger partial charge in [0.15, 0.2) is 0 Å². The summed E-state index contributed by atoms with van der Waals surface area (Å²) in [6.45, 7) is 9.32. The van der Waals surface area contributed by atoms with Crippen molar-refractivity contribution in [3.63, 3.8) is 0 Å². The van der Waals surface area contributed by atoms with Crippen LogP contribution in [0.5, 0.6) is 0 Å². The van der Waals surface area contributed by atoms with Crippen LogP contribution < -0.4 is 5.32 Å². The Kier molecular flexibility index (Phi) is 3.24. The van der Waals surface area contributed by atoms with Gasteiger partial charge in [0.1, 0.15) is 17.3 Å². The topological polar surface area (TPSA) is 37.8 Å². The average molecular weight is 294 g/mol. The summed E-state index contributed by atoms with van der Waals surface area (Å²) >= 11 is 6.21. The van der Waals surface area contributed by atoms with Crippen molar-refractivity contribution in [2.24, 2.45) is 16.7 Å². The van der Waals surface area contributed by atoms with Gasteiger partial charge in [-0.3, -0.25) is 0 Å². The van der Waals surface area contributed by atoms with Crippen LogP contribution in [0.2, 0.25) is 5.15 Å². The molecule has 0 saturated heterocycles. The van der Waals surface area contributed by atoms with E-state index in [-0.39, 0.29) is 0 Å². The summed E-state index contributed by atoms with van der Waals surface area (Å²) in [6.07, 6.45) is 6.44. The van der Waals surface area contributed by atoms with E-state index in [4.69, 9.17) is 11.6 Å². The first-order valence-corrected chi connectivity index (χ1v) is 8.02. The summed E-state index contributed by atoms with van der Waals surface area (Å²) in [5, 5.41) is 4.31. The maximum absolute atomic E-state index is 6.21. The normalized spacial score (nSPS) is 34.5. The molecule has 2 aliphatic carbocycles. The van der Waals surface area contributed by atoms with Gasteiger partial charge in [-0.15, -0.1) is 0 Å². The van der Waals surface area contributed by atoms with Crippen LogP contribution in [0, 0.1) is 16.7 Å². The van der Waals surface area contributed by atoms with Gasteiger partial charge < -0.3 is 5.32 Å². The summed E-state index contributed by atoms with van der Waals surface area (Å²) in [7, 11) is 0. The van der Waals surface area contributed by atoms with Crippen molar-refractivity contribution in [2.45, 2.75) is 59.4 Å². The second kappa shape index (κ2) is 4.59. The van der Waals surface area contributed by atoms with E-state index in [1.165, 1.54) is 19.3 Å². The molecule has 1 heterocycles. The average Bonchev–Trinajstić information content (AvgIpc) is 2.86. The molecule has 3 unspecified atom stereocenters. The molecule has 2 saturated carbocycles. The second-order valence-corrected chi connectivity index (χ2v) is 7.70. The van der Waals surface area contributed by atoms with E-state index in [0.29, 0.717) is 22.0 Å². The Morgan fingerprint density at radius 1 is 1.35 bits per heavy atom. The smallest absolute Gasteiger partial charge is 0.137 e. The third kappa shape index (κ3) is 1.93. The molecule has 1 aromatic heterocycles. The zero-order valence-electron chi connectivity index (χ0n) is 12.8. The lowest BCUT2D eigenvalue weighted by atomic mass is 9.68. The molecule has 3 rings (SSSR count). The fourth-order valence-electron chi connectivity index (χ4n) is 4.63. The predicted molar refractivity (Wildman–Crippen MR) is 83.1 cm³/mol. The molecule has 2 aliphatic rings. The SMILES string of the molecule is CCc1c(Cl)ncnc1NC1C2(C)CCC(C2)C1(C)C. The quantitative estimate of drug-likeness (QED) is 0.844. The molecule has 3 atom stereocenters. The second-order valence-electron chi connectivity index (χ2n) is 7.34. The third-order valence-electron chi connectivity index (χ3n) is 5.80. The zero-order valence-corrected chi connectivity index (χ0v) is 13.6. The first-order valence-electron chi connectivity index (χ1n) is 7.64. The van der Waals surface area contributed by atoms with Gasteiger partial charge in [-0.25, -0.2) is 9.97 Å². The van der Waals surface area contributed by atoms with Crippen LogP contribution in [0.1, 0.15) is 52.5 Å². The first kappa shape index (κ1) is 14.1. The van der Waals surface area contributed by atoms with Crippen molar-refractivity contribution >= 4 is 17.4 Å². The molecule has 4 heteroatoms. The van der Waals surface area contributed by atoms with Crippen LogP contribution in [0.3, 0.4) is 0 Å². The molecular weight excluding hydrogens is 270 g/mol.